The van der Waals surface area contributed by atoms with Crippen molar-refractivity contribution >= 4 is 0 Å². The molecule has 1 aromatic carbocycles. The number of hydrogen-bond acceptors (Lipinski definition) is 0. The van der Waals surface area contributed by atoms with Gasteiger partial charge in [-0.25, -0.2) is 0 Å². The average Bonchev–Trinajstić information content (AvgIpc) is 2.13. The molecule has 0 heterocycles. The van der Waals surface area contributed by atoms with Gasteiger partial charge in [0.25, 0.3) is 0 Å². The molecule has 0 heteroatoms. The van der Waals surface area contributed by atoms with Crippen LogP contribution in [0.1, 0.15) is 78.0 Å². The van der Waals surface area contributed by atoms with Crippen LogP contribution in [0.5, 0.6) is 0 Å². The highest BCUT2D eigenvalue weighted by Gasteiger charge is 2.27. The summed E-state index contributed by atoms with van der Waals surface area (Å²) in [5.41, 5.74) is 4.97. The summed E-state index contributed by atoms with van der Waals surface area (Å²) < 4.78 is 0. The van der Waals surface area contributed by atoms with Gasteiger partial charge in [-0.1, -0.05) is 73.6 Å². The van der Waals surface area contributed by atoms with Crippen LogP contribution in [0.15, 0.2) is 18.2 Å². The Morgan fingerprint density at radius 1 is 0.824 bits per heavy atom. The molecule has 0 amide bonds. The van der Waals surface area contributed by atoms with Gasteiger partial charge in [0, 0.05) is 0 Å². The summed E-state index contributed by atoms with van der Waals surface area (Å²) >= 11 is 0. The van der Waals surface area contributed by atoms with Crippen molar-refractivity contribution in [2.24, 2.45) is 0 Å². The predicted octanol–water partition coefficient (Wildman–Crippen LogP) is 5.41. The van der Waals surface area contributed by atoms with Crippen molar-refractivity contribution in [3.8, 4) is 0 Å². The highest BCUT2D eigenvalue weighted by molar-refractivity contribution is 5.44. The van der Waals surface area contributed by atoms with Gasteiger partial charge in [-0.15, -0.1) is 0 Å². The van der Waals surface area contributed by atoms with Gasteiger partial charge in [-0.05, 0) is 33.4 Å². The van der Waals surface area contributed by atoms with Crippen molar-refractivity contribution in [1.29, 1.82) is 0 Å². The second-order valence-corrected chi connectivity index (χ2v) is 7.42. The van der Waals surface area contributed by atoms with E-state index in [0.29, 0.717) is 5.92 Å². The molecular formula is C17H28. The van der Waals surface area contributed by atoms with Crippen LogP contribution in [0.3, 0.4) is 0 Å². The van der Waals surface area contributed by atoms with E-state index in [4.69, 9.17) is 0 Å². The quantitative estimate of drug-likeness (QED) is 0.607. The smallest absolute Gasteiger partial charge is 0.0126 e. The van der Waals surface area contributed by atoms with E-state index in [2.05, 4.69) is 73.6 Å². The van der Waals surface area contributed by atoms with Crippen molar-refractivity contribution in [3.63, 3.8) is 0 Å². The molecule has 1 rings (SSSR count). The van der Waals surface area contributed by atoms with Gasteiger partial charge in [0.15, 0.2) is 0 Å². The Morgan fingerprint density at radius 3 is 1.71 bits per heavy atom. The van der Waals surface area contributed by atoms with Crippen molar-refractivity contribution in [2.45, 2.75) is 72.1 Å². The minimum atomic E-state index is 0.212. The SMILES string of the molecule is CC(C)c1cccc(C(C)(C)C)c1C(C)(C)C. The Labute approximate surface area is 107 Å². The van der Waals surface area contributed by atoms with Crippen LogP contribution in [0, 0.1) is 0 Å². The molecule has 0 aromatic heterocycles. The maximum Gasteiger partial charge on any atom is -0.0126 e. The second kappa shape index (κ2) is 4.48. The number of benzene rings is 1. The fraction of sp³-hybridized carbons (Fsp3) is 0.647. The Balaban J connectivity index is 3.58. The summed E-state index contributed by atoms with van der Waals surface area (Å²) in [6, 6.07) is 6.80. The van der Waals surface area contributed by atoms with Crippen LogP contribution in [0.4, 0.5) is 0 Å². The molecule has 17 heavy (non-hydrogen) atoms. The summed E-state index contributed by atoms with van der Waals surface area (Å²) in [4.78, 5) is 0. The lowest BCUT2D eigenvalue weighted by Crippen LogP contribution is -2.24. The van der Waals surface area contributed by atoms with Gasteiger partial charge in [0.05, 0.1) is 0 Å². The van der Waals surface area contributed by atoms with Crippen molar-refractivity contribution in [3.05, 3.63) is 34.9 Å². The third-order valence-electron chi connectivity index (χ3n) is 3.28. The number of hydrogen-bond donors (Lipinski definition) is 0. The molecule has 96 valence electrons. The molecule has 0 atom stereocenters. The van der Waals surface area contributed by atoms with E-state index in [0.717, 1.165) is 0 Å². The van der Waals surface area contributed by atoms with E-state index in [1.54, 1.807) is 5.56 Å². The molecule has 0 fully saturated rings. The lowest BCUT2D eigenvalue weighted by Gasteiger charge is -2.33. The van der Waals surface area contributed by atoms with Crippen molar-refractivity contribution in [1.82, 2.24) is 0 Å². The fourth-order valence-corrected chi connectivity index (χ4v) is 2.51. The predicted molar refractivity (Wildman–Crippen MR) is 77.9 cm³/mol. The van der Waals surface area contributed by atoms with E-state index in [1.807, 2.05) is 0 Å². The monoisotopic (exact) mass is 232 g/mol. The molecular weight excluding hydrogens is 204 g/mol. The number of rotatable bonds is 1. The summed E-state index contributed by atoms with van der Waals surface area (Å²) in [5.74, 6) is 0.589. The molecule has 0 aliphatic heterocycles. The fourth-order valence-electron chi connectivity index (χ4n) is 2.51. The van der Waals surface area contributed by atoms with Crippen molar-refractivity contribution < 1.29 is 0 Å². The third-order valence-corrected chi connectivity index (χ3v) is 3.28. The first-order valence-corrected chi connectivity index (χ1v) is 6.69. The molecule has 0 saturated heterocycles. The largest absolute Gasteiger partial charge is 0.0617 e. The van der Waals surface area contributed by atoms with Crippen LogP contribution in [-0.4, -0.2) is 0 Å². The van der Waals surface area contributed by atoms with E-state index >= 15 is 0 Å². The van der Waals surface area contributed by atoms with Crippen LogP contribution in [0.2, 0.25) is 0 Å². The van der Waals surface area contributed by atoms with E-state index < -0.39 is 0 Å². The van der Waals surface area contributed by atoms with Gasteiger partial charge < -0.3 is 0 Å². The maximum absolute atomic E-state index is 2.32. The van der Waals surface area contributed by atoms with E-state index in [9.17, 15) is 0 Å². The molecule has 0 saturated carbocycles. The molecule has 0 unspecified atom stereocenters. The third kappa shape index (κ3) is 3.12. The molecule has 0 spiro atoms. The molecule has 0 bridgehead atoms. The Kier molecular flexibility index (Phi) is 3.76. The summed E-state index contributed by atoms with van der Waals surface area (Å²) in [5, 5.41) is 0. The molecule has 0 aliphatic rings. The van der Waals surface area contributed by atoms with Gasteiger partial charge >= 0.3 is 0 Å². The lowest BCUT2D eigenvalue weighted by molar-refractivity contribution is 0.521. The first-order valence-electron chi connectivity index (χ1n) is 6.69. The molecule has 0 radical (unpaired) electrons. The zero-order valence-electron chi connectivity index (χ0n) is 12.8. The normalized spacial score (nSPS) is 13.2. The summed E-state index contributed by atoms with van der Waals surface area (Å²) in [6.07, 6.45) is 0. The average molecular weight is 232 g/mol. The first-order chi connectivity index (χ1) is 7.55. The van der Waals surface area contributed by atoms with Gasteiger partial charge in [-0.3, -0.25) is 0 Å². The first kappa shape index (κ1) is 14.3. The Bertz CT molecular complexity index is 383. The van der Waals surface area contributed by atoms with Crippen molar-refractivity contribution in [2.75, 3.05) is 0 Å². The second-order valence-electron chi connectivity index (χ2n) is 7.42. The van der Waals surface area contributed by atoms with Gasteiger partial charge in [0.1, 0.15) is 0 Å². The van der Waals surface area contributed by atoms with Gasteiger partial charge in [0.2, 0.25) is 0 Å². The zero-order chi connectivity index (χ0) is 13.4. The van der Waals surface area contributed by atoms with Crippen LogP contribution in [0.25, 0.3) is 0 Å². The topological polar surface area (TPSA) is 0 Å². The summed E-state index contributed by atoms with van der Waals surface area (Å²) in [6.45, 7) is 18.5. The molecule has 0 N–H and O–H groups in total. The maximum atomic E-state index is 2.32. The van der Waals surface area contributed by atoms with Crippen LogP contribution in [-0.2, 0) is 10.8 Å². The van der Waals surface area contributed by atoms with Gasteiger partial charge in [-0.2, -0.15) is 0 Å². The highest BCUT2D eigenvalue weighted by Crippen LogP contribution is 2.38. The Morgan fingerprint density at radius 2 is 1.35 bits per heavy atom. The summed E-state index contributed by atoms with van der Waals surface area (Å²) in [7, 11) is 0. The van der Waals surface area contributed by atoms with E-state index in [1.165, 1.54) is 11.1 Å². The molecule has 1 aromatic rings. The lowest BCUT2D eigenvalue weighted by atomic mass is 9.71. The minimum absolute atomic E-state index is 0.212. The standard InChI is InChI=1S/C17H28/c1-12(2)13-10-9-11-14(16(3,4)5)15(13)17(6,7)8/h9-12H,1-8H3. The molecule has 0 aliphatic carbocycles. The zero-order valence-corrected chi connectivity index (χ0v) is 12.8. The molecule has 0 nitrogen and oxygen atoms in total. The highest BCUT2D eigenvalue weighted by atomic mass is 14.3. The minimum Gasteiger partial charge on any atom is -0.0617 e. The van der Waals surface area contributed by atoms with Crippen LogP contribution < -0.4 is 0 Å². The van der Waals surface area contributed by atoms with E-state index in [-0.39, 0.29) is 10.8 Å². The van der Waals surface area contributed by atoms with Crippen LogP contribution >= 0.6 is 0 Å². The Hall–Kier alpha value is -0.780.